The molecule has 0 aromatic heterocycles. The van der Waals surface area contributed by atoms with E-state index >= 15 is 0 Å². The molecule has 0 aliphatic carbocycles. The van der Waals surface area contributed by atoms with E-state index in [1.165, 1.54) is 24.3 Å². The van der Waals surface area contributed by atoms with E-state index in [2.05, 4.69) is 5.29 Å². The second kappa shape index (κ2) is 5.92. The second-order valence-electron chi connectivity index (χ2n) is 3.21. The summed E-state index contributed by atoms with van der Waals surface area (Å²) >= 11 is 5.56. The van der Waals surface area contributed by atoms with Gasteiger partial charge in [0, 0.05) is 18.0 Å². The molecule has 1 rings (SSSR count). The molecule has 0 aliphatic heterocycles. The number of rotatable bonds is 5. The van der Waals surface area contributed by atoms with Crippen molar-refractivity contribution in [2.45, 2.75) is 6.04 Å². The minimum atomic E-state index is -1.80. The molecule has 96 valence electrons. The normalized spacial score (nSPS) is 11.6. The minimum absolute atomic E-state index is 0.147. The Labute approximate surface area is 106 Å². The molecular weight excluding hydrogens is 266 g/mol. The van der Waals surface area contributed by atoms with Crippen LogP contribution in [-0.4, -0.2) is 21.9 Å². The molecular formula is C9H7ClN3O5-. The Morgan fingerprint density at radius 3 is 2.33 bits per heavy atom. The third kappa shape index (κ3) is 2.92. The number of nitrogens with zero attached hydrogens (tertiary/aromatic N) is 3. The lowest BCUT2D eigenvalue weighted by Gasteiger charge is -2.24. The van der Waals surface area contributed by atoms with Crippen LogP contribution in [0.25, 0.3) is 0 Å². The van der Waals surface area contributed by atoms with E-state index in [9.17, 15) is 24.9 Å². The molecule has 1 unspecified atom stereocenters. The highest BCUT2D eigenvalue weighted by atomic mass is 35.5. The Kier molecular flexibility index (Phi) is 4.55. The topological polar surface area (TPSA) is 116 Å². The zero-order valence-electron chi connectivity index (χ0n) is 8.85. The second-order valence-corrected chi connectivity index (χ2v) is 3.52. The number of amides is 1. The van der Waals surface area contributed by atoms with E-state index in [1.807, 2.05) is 0 Å². The first kappa shape index (κ1) is 13.8. The first-order valence-electron chi connectivity index (χ1n) is 4.65. The van der Waals surface area contributed by atoms with Crippen LogP contribution in [0.5, 0.6) is 0 Å². The van der Waals surface area contributed by atoms with Crippen molar-refractivity contribution in [2.24, 2.45) is 5.29 Å². The zero-order valence-corrected chi connectivity index (χ0v) is 9.61. The molecule has 0 fully saturated rings. The lowest BCUT2D eigenvalue weighted by atomic mass is 10.1. The van der Waals surface area contributed by atoms with Gasteiger partial charge in [0.1, 0.15) is 0 Å². The maximum Gasteiger partial charge on any atom is 0.269 e. The van der Waals surface area contributed by atoms with Gasteiger partial charge < -0.3 is 9.90 Å². The van der Waals surface area contributed by atoms with Gasteiger partial charge >= 0.3 is 0 Å². The predicted molar refractivity (Wildman–Crippen MR) is 59.6 cm³/mol. The van der Waals surface area contributed by atoms with E-state index in [4.69, 9.17) is 11.6 Å². The van der Waals surface area contributed by atoms with Crippen molar-refractivity contribution in [3.8, 4) is 0 Å². The van der Waals surface area contributed by atoms with Gasteiger partial charge in [0.25, 0.3) is 5.69 Å². The largest absolute Gasteiger partial charge is 0.528 e. The number of carbonyl (C=O) groups excluding carboxylic acids is 1. The summed E-state index contributed by atoms with van der Waals surface area (Å²) in [7, 11) is 0. The highest BCUT2D eigenvalue weighted by Gasteiger charge is 2.21. The van der Waals surface area contributed by atoms with Crippen molar-refractivity contribution in [2.75, 3.05) is 5.88 Å². The van der Waals surface area contributed by atoms with Crippen molar-refractivity contribution in [3.63, 3.8) is 0 Å². The van der Waals surface area contributed by atoms with Crippen LogP contribution >= 0.6 is 11.6 Å². The van der Waals surface area contributed by atoms with Crippen LogP contribution < -0.4 is 5.11 Å². The number of halogens is 1. The quantitative estimate of drug-likeness (QED) is 0.345. The molecule has 0 bridgehead atoms. The fourth-order valence-electron chi connectivity index (χ4n) is 1.33. The number of nitro benzene ring substituents is 1. The van der Waals surface area contributed by atoms with E-state index in [1.54, 1.807) is 0 Å². The van der Waals surface area contributed by atoms with Crippen molar-refractivity contribution in [3.05, 3.63) is 44.9 Å². The smallest absolute Gasteiger partial charge is 0.269 e. The maximum atomic E-state index is 10.6. The fraction of sp³-hybridized carbons (Fsp3) is 0.222. The fourth-order valence-corrected chi connectivity index (χ4v) is 1.64. The van der Waals surface area contributed by atoms with E-state index in [0.29, 0.717) is 5.56 Å². The van der Waals surface area contributed by atoms with Crippen LogP contribution in [0.15, 0.2) is 29.6 Å². The predicted octanol–water partition coefficient (Wildman–Crippen LogP) is 1.20. The molecule has 0 saturated heterocycles. The van der Waals surface area contributed by atoms with E-state index < -0.39 is 17.1 Å². The first-order chi connectivity index (χ1) is 8.51. The number of benzene rings is 1. The van der Waals surface area contributed by atoms with Gasteiger partial charge in [-0.15, -0.1) is 16.5 Å². The summed E-state index contributed by atoms with van der Waals surface area (Å²) in [4.78, 5) is 30.9. The average Bonchev–Trinajstić information content (AvgIpc) is 2.35. The molecule has 0 aliphatic rings. The molecule has 1 aromatic rings. The summed E-state index contributed by atoms with van der Waals surface area (Å²) < 4.78 is 0. The number of non-ortho nitro benzene ring substituents is 1. The van der Waals surface area contributed by atoms with Crippen LogP contribution in [0.2, 0.25) is 0 Å². The third-order valence-electron chi connectivity index (χ3n) is 2.21. The van der Waals surface area contributed by atoms with Gasteiger partial charge in [0.2, 0.25) is 0 Å². The molecule has 1 aromatic carbocycles. The number of carboxylic acid groups (broad SMARTS) is 1. The minimum Gasteiger partial charge on any atom is -0.528 e. The summed E-state index contributed by atoms with van der Waals surface area (Å²) in [5.41, 5.74) is 0.144. The van der Waals surface area contributed by atoms with Crippen LogP contribution in [0.4, 0.5) is 10.5 Å². The van der Waals surface area contributed by atoms with E-state index in [0.717, 1.165) is 0 Å². The van der Waals surface area contributed by atoms with Crippen molar-refractivity contribution < 1.29 is 14.8 Å². The number of hydrogen-bond acceptors (Lipinski definition) is 6. The Morgan fingerprint density at radius 1 is 1.44 bits per heavy atom. The number of hydrogen-bond donors (Lipinski definition) is 0. The van der Waals surface area contributed by atoms with Gasteiger partial charge in [-0.2, -0.15) is 0 Å². The van der Waals surface area contributed by atoms with E-state index in [-0.39, 0.29) is 16.6 Å². The first-order valence-corrected chi connectivity index (χ1v) is 5.18. The Balaban J connectivity index is 3.05. The third-order valence-corrected chi connectivity index (χ3v) is 2.50. The average molecular weight is 273 g/mol. The zero-order chi connectivity index (χ0) is 13.7. The summed E-state index contributed by atoms with van der Waals surface area (Å²) in [6.07, 6.45) is -1.80. The SMILES string of the molecule is O=NN(C(=O)[O-])C(CCl)c1ccc([N+](=O)[O-])cc1. The monoisotopic (exact) mass is 272 g/mol. The molecule has 9 heteroatoms. The summed E-state index contributed by atoms with van der Waals surface area (Å²) in [6.45, 7) is 0. The number of nitroso groups, excluding NO2 is 1. The van der Waals surface area contributed by atoms with Gasteiger partial charge in [-0.25, -0.2) is 5.01 Å². The summed E-state index contributed by atoms with van der Waals surface area (Å²) in [6, 6.07) is 3.90. The van der Waals surface area contributed by atoms with Crippen molar-refractivity contribution in [1.29, 1.82) is 0 Å². The number of carbonyl (C=O) groups is 1. The molecule has 18 heavy (non-hydrogen) atoms. The molecule has 0 N–H and O–H groups in total. The molecule has 0 radical (unpaired) electrons. The van der Waals surface area contributed by atoms with Crippen LogP contribution in [-0.2, 0) is 0 Å². The molecule has 0 spiro atoms. The Hall–Kier alpha value is -2.22. The van der Waals surface area contributed by atoms with Gasteiger partial charge in [0.15, 0.2) is 6.09 Å². The highest BCUT2D eigenvalue weighted by molar-refractivity contribution is 6.18. The van der Waals surface area contributed by atoms with Gasteiger partial charge in [-0.3, -0.25) is 10.1 Å². The maximum absolute atomic E-state index is 10.6. The Bertz CT molecular complexity index is 464. The molecule has 0 heterocycles. The lowest BCUT2D eigenvalue weighted by molar-refractivity contribution is -0.384. The highest BCUT2D eigenvalue weighted by Crippen LogP contribution is 2.24. The van der Waals surface area contributed by atoms with Gasteiger partial charge in [-0.05, 0) is 5.56 Å². The number of nitro groups is 1. The van der Waals surface area contributed by atoms with Crippen molar-refractivity contribution >= 4 is 23.4 Å². The lowest BCUT2D eigenvalue weighted by Crippen LogP contribution is -2.40. The van der Waals surface area contributed by atoms with Crippen LogP contribution in [0.1, 0.15) is 11.6 Å². The molecule has 1 atom stereocenters. The van der Waals surface area contributed by atoms with Crippen molar-refractivity contribution in [1.82, 2.24) is 5.01 Å². The van der Waals surface area contributed by atoms with Gasteiger partial charge in [-0.1, -0.05) is 12.1 Å². The summed E-state index contributed by atoms with van der Waals surface area (Å²) in [5, 5.41) is 23.5. The summed E-state index contributed by atoms with van der Waals surface area (Å²) in [5.74, 6) is -0.239. The molecule has 0 saturated carbocycles. The molecule has 1 amide bonds. The standard InChI is InChI=1S/C9H8ClN3O5/c10-5-8(12(11-16)9(14)15)6-1-3-7(4-2-6)13(17)18/h1-4,8H,5H2,(H,14,15)/p-1. The number of alkyl halides is 1. The van der Waals surface area contributed by atoms with Crippen LogP contribution in [0.3, 0.4) is 0 Å². The Morgan fingerprint density at radius 2 is 2.00 bits per heavy atom. The van der Waals surface area contributed by atoms with Gasteiger partial charge in [0.05, 0.1) is 16.3 Å². The molecule has 8 nitrogen and oxygen atoms in total. The van der Waals surface area contributed by atoms with Crippen LogP contribution in [0, 0.1) is 15.0 Å².